The van der Waals surface area contributed by atoms with Crippen LogP contribution in [0.4, 0.5) is 4.79 Å². The van der Waals surface area contributed by atoms with Gasteiger partial charge in [-0.3, -0.25) is 9.59 Å². The van der Waals surface area contributed by atoms with Crippen LogP contribution in [0, 0.1) is 5.92 Å². The summed E-state index contributed by atoms with van der Waals surface area (Å²) < 4.78 is 24.6. The van der Waals surface area contributed by atoms with E-state index in [4.69, 9.17) is 0 Å². The number of aliphatic carboxylic acids is 1. The van der Waals surface area contributed by atoms with Gasteiger partial charge in [0.1, 0.15) is 11.6 Å². The fourth-order valence-corrected chi connectivity index (χ4v) is 6.91. The number of carboxylic acids is 1. The van der Waals surface area contributed by atoms with Gasteiger partial charge in [0.25, 0.3) is 0 Å². The van der Waals surface area contributed by atoms with Crippen molar-refractivity contribution >= 4 is 33.7 Å². The molecule has 2 fully saturated rings. The lowest BCUT2D eigenvalue weighted by Crippen LogP contribution is -2.55. The number of carbonyl (C=O) groups excluding carboxylic acids is 3. The largest absolute Gasteiger partial charge is 0.479 e. The Morgan fingerprint density at radius 2 is 1.64 bits per heavy atom. The van der Waals surface area contributed by atoms with Crippen molar-refractivity contribution in [3.63, 3.8) is 0 Å². The number of hydrogen-bond acceptors (Lipinski definition) is 6. The van der Waals surface area contributed by atoms with Gasteiger partial charge in [0, 0.05) is 12.6 Å². The van der Waals surface area contributed by atoms with Gasteiger partial charge in [0.2, 0.25) is 11.8 Å². The fourth-order valence-electron chi connectivity index (χ4n) is 5.63. The van der Waals surface area contributed by atoms with Gasteiger partial charge in [0.15, 0.2) is 9.84 Å². The number of hydrogen-bond donors (Lipinski definition) is 4. The Balaban J connectivity index is 1.92. The smallest absolute Gasteiger partial charge is 0.329 e. The van der Waals surface area contributed by atoms with E-state index in [2.05, 4.69) is 22.9 Å². The van der Waals surface area contributed by atoms with Gasteiger partial charge in [-0.15, -0.1) is 0 Å². The normalized spacial score (nSPS) is 22.8. The predicted octanol–water partition coefficient (Wildman–Crippen LogP) is 3.76. The van der Waals surface area contributed by atoms with E-state index in [1.807, 2.05) is 6.92 Å². The molecule has 242 valence electrons. The monoisotopic (exact) mass is 614 g/mol. The second-order valence-electron chi connectivity index (χ2n) is 13.0. The molecular weight excluding hydrogens is 560 g/mol. The summed E-state index contributed by atoms with van der Waals surface area (Å²) in [6.45, 7) is 9.05. The van der Waals surface area contributed by atoms with E-state index in [0.717, 1.165) is 57.8 Å². The first-order valence-corrected chi connectivity index (χ1v) is 17.4. The molecule has 1 aliphatic heterocycles. The van der Waals surface area contributed by atoms with Gasteiger partial charge in [-0.05, 0) is 58.8 Å². The summed E-state index contributed by atoms with van der Waals surface area (Å²) in [4.78, 5) is 52.4. The SMILES string of the molecule is CCCCCCCC1C[C@]1(NC(=O)[C@@H]1CCCN1C(=O)CNC(=O)NC(CCCCC)CS(=O)(=O)C(C)(C)C)C(=O)O. The van der Waals surface area contributed by atoms with Gasteiger partial charge >= 0.3 is 12.0 Å². The van der Waals surface area contributed by atoms with Gasteiger partial charge < -0.3 is 26.0 Å². The highest BCUT2D eigenvalue weighted by atomic mass is 32.2. The van der Waals surface area contributed by atoms with E-state index in [1.165, 1.54) is 4.90 Å². The highest BCUT2D eigenvalue weighted by Crippen LogP contribution is 2.47. The number of unbranched alkanes of at least 4 members (excludes halogenated alkanes) is 6. The zero-order valence-electron chi connectivity index (χ0n) is 26.3. The molecule has 0 radical (unpaired) electrons. The van der Waals surface area contributed by atoms with Crippen LogP contribution in [0.1, 0.15) is 118 Å². The summed E-state index contributed by atoms with van der Waals surface area (Å²) in [6, 6.07) is -2.02. The average molecular weight is 615 g/mol. The van der Waals surface area contributed by atoms with Crippen molar-refractivity contribution in [3.8, 4) is 0 Å². The molecule has 2 rings (SSSR count). The quantitative estimate of drug-likeness (QED) is 0.171. The Hall–Kier alpha value is -2.37. The number of sulfone groups is 1. The Bertz CT molecular complexity index is 1040. The molecule has 11 nitrogen and oxygen atoms in total. The molecule has 0 aromatic carbocycles. The third-order valence-electron chi connectivity index (χ3n) is 8.61. The molecule has 2 aliphatic rings. The summed E-state index contributed by atoms with van der Waals surface area (Å²) in [7, 11) is -3.47. The van der Waals surface area contributed by atoms with E-state index < -0.39 is 56.0 Å². The molecule has 0 aromatic heterocycles. The summed E-state index contributed by atoms with van der Waals surface area (Å²) in [5.74, 6) is -2.25. The molecule has 1 heterocycles. The number of carbonyl (C=O) groups is 4. The molecule has 0 aromatic rings. The molecule has 1 saturated heterocycles. The molecule has 2 unspecified atom stereocenters. The molecule has 42 heavy (non-hydrogen) atoms. The van der Waals surface area contributed by atoms with Gasteiger partial charge in [-0.1, -0.05) is 65.2 Å². The number of rotatable bonds is 18. The third kappa shape index (κ3) is 10.1. The molecule has 4 atom stereocenters. The van der Waals surface area contributed by atoms with Gasteiger partial charge in [-0.25, -0.2) is 18.0 Å². The minimum Gasteiger partial charge on any atom is -0.479 e. The van der Waals surface area contributed by atoms with E-state index in [-0.39, 0.29) is 18.2 Å². The van der Waals surface area contributed by atoms with Crippen molar-refractivity contribution in [2.75, 3.05) is 18.8 Å². The zero-order valence-corrected chi connectivity index (χ0v) is 27.1. The Kier molecular flexibility index (Phi) is 13.6. The maximum absolute atomic E-state index is 13.2. The number of nitrogens with one attached hydrogen (secondary N) is 3. The first-order chi connectivity index (χ1) is 19.7. The van der Waals surface area contributed by atoms with Crippen LogP contribution >= 0.6 is 0 Å². The van der Waals surface area contributed by atoms with Crippen LogP contribution < -0.4 is 16.0 Å². The number of urea groups is 1. The van der Waals surface area contributed by atoms with Gasteiger partial charge in [0.05, 0.1) is 17.0 Å². The van der Waals surface area contributed by atoms with Crippen molar-refractivity contribution in [2.45, 2.75) is 140 Å². The van der Waals surface area contributed by atoms with Crippen molar-refractivity contribution in [2.24, 2.45) is 5.92 Å². The molecular formula is C30H54N4O7S. The predicted molar refractivity (Wildman–Crippen MR) is 163 cm³/mol. The minimum absolute atomic E-state index is 0.108. The molecule has 0 bridgehead atoms. The van der Waals surface area contributed by atoms with E-state index in [9.17, 15) is 32.7 Å². The molecule has 4 N–H and O–H groups in total. The highest BCUT2D eigenvalue weighted by Gasteiger charge is 2.61. The number of amides is 4. The van der Waals surface area contributed by atoms with E-state index in [1.54, 1.807) is 20.8 Å². The summed E-state index contributed by atoms with van der Waals surface area (Å²) >= 11 is 0. The number of likely N-dealkylation sites (tertiary alicyclic amines) is 1. The van der Waals surface area contributed by atoms with Crippen LogP contribution in [0.25, 0.3) is 0 Å². The molecule has 1 saturated carbocycles. The minimum atomic E-state index is -3.47. The van der Waals surface area contributed by atoms with Crippen LogP contribution in [-0.2, 0) is 24.2 Å². The second-order valence-corrected chi connectivity index (χ2v) is 15.8. The van der Waals surface area contributed by atoms with Crippen LogP contribution in [-0.4, -0.2) is 83.5 Å². The van der Waals surface area contributed by atoms with Crippen molar-refractivity contribution in [1.82, 2.24) is 20.9 Å². The Labute approximate surface area is 252 Å². The Morgan fingerprint density at radius 1 is 1.00 bits per heavy atom. The lowest BCUT2D eigenvalue weighted by molar-refractivity contribution is -0.145. The van der Waals surface area contributed by atoms with Crippen LogP contribution in [0.2, 0.25) is 0 Å². The van der Waals surface area contributed by atoms with E-state index in [0.29, 0.717) is 32.2 Å². The van der Waals surface area contributed by atoms with Crippen LogP contribution in [0.5, 0.6) is 0 Å². The van der Waals surface area contributed by atoms with Gasteiger partial charge in [-0.2, -0.15) is 0 Å². The highest BCUT2D eigenvalue weighted by molar-refractivity contribution is 7.92. The summed E-state index contributed by atoms with van der Waals surface area (Å²) in [5, 5.41) is 17.9. The van der Waals surface area contributed by atoms with Crippen LogP contribution in [0.3, 0.4) is 0 Å². The van der Waals surface area contributed by atoms with Crippen LogP contribution in [0.15, 0.2) is 0 Å². The molecule has 0 spiro atoms. The standard InChI is InChI=1S/C30H54N4O7S/c1-6-8-10-11-13-15-22-19-30(22,27(37)38)33-26(36)24-17-14-18-34(24)25(35)20-31-28(39)32-23(16-12-9-7-2)21-42(40,41)29(3,4)5/h22-24H,6-21H2,1-5H3,(H,33,36)(H,37,38)(H2,31,32,39)/t22?,23?,24-,30+/m0/s1. The number of carboxylic acid groups (broad SMARTS) is 1. The second kappa shape index (κ2) is 15.9. The van der Waals surface area contributed by atoms with E-state index >= 15 is 0 Å². The molecule has 4 amide bonds. The van der Waals surface area contributed by atoms with Crippen molar-refractivity contribution in [1.29, 1.82) is 0 Å². The first-order valence-electron chi connectivity index (χ1n) is 15.8. The molecule has 1 aliphatic carbocycles. The third-order valence-corrected chi connectivity index (χ3v) is 11.3. The lowest BCUT2D eigenvalue weighted by atomic mass is 10.0. The molecule has 12 heteroatoms. The topological polar surface area (TPSA) is 162 Å². The van der Waals surface area contributed by atoms with Crippen molar-refractivity contribution < 1.29 is 32.7 Å². The number of nitrogens with zero attached hydrogens (tertiary/aromatic N) is 1. The lowest BCUT2D eigenvalue weighted by Gasteiger charge is -2.27. The maximum Gasteiger partial charge on any atom is 0.329 e. The average Bonchev–Trinajstić information content (AvgIpc) is 3.36. The maximum atomic E-state index is 13.2. The summed E-state index contributed by atoms with van der Waals surface area (Å²) in [5.41, 5.74) is -1.27. The zero-order chi connectivity index (χ0) is 31.6. The Morgan fingerprint density at radius 3 is 2.26 bits per heavy atom. The summed E-state index contributed by atoms with van der Waals surface area (Å²) in [6.07, 6.45) is 10.7. The first kappa shape index (κ1) is 35.8. The fraction of sp³-hybridized carbons (Fsp3) is 0.867. The van der Waals surface area contributed by atoms with Crippen molar-refractivity contribution in [3.05, 3.63) is 0 Å².